The molecule has 1 aromatic carbocycles. The van der Waals surface area contributed by atoms with E-state index < -0.39 is 16.2 Å². The van der Waals surface area contributed by atoms with Crippen molar-refractivity contribution in [1.29, 1.82) is 0 Å². The Morgan fingerprint density at radius 3 is 2.04 bits per heavy atom. The van der Waals surface area contributed by atoms with Gasteiger partial charge in [-0.1, -0.05) is 26.8 Å². The van der Waals surface area contributed by atoms with Crippen molar-refractivity contribution in [1.82, 2.24) is 5.32 Å². The molecule has 5 heteroatoms. The lowest BCUT2D eigenvalue weighted by Crippen LogP contribution is -2.63. The van der Waals surface area contributed by atoms with Crippen LogP contribution in [0.3, 0.4) is 0 Å². The number of imide groups is 1. The van der Waals surface area contributed by atoms with E-state index in [1.54, 1.807) is 0 Å². The summed E-state index contributed by atoms with van der Waals surface area (Å²) in [6, 6.07) is 5.80. The van der Waals surface area contributed by atoms with Crippen molar-refractivity contribution in [2.75, 3.05) is 5.32 Å². The van der Waals surface area contributed by atoms with Gasteiger partial charge >= 0.3 is 0 Å². The van der Waals surface area contributed by atoms with Crippen LogP contribution in [0.15, 0.2) is 18.2 Å². The molecule has 2 unspecified atom stereocenters. The molecule has 0 spiro atoms. The number of fused-ring (bicyclic) bond motifs is 2. The Bertz CT molecular complexity index is 757. The first-order chi connectivity index (χ1) is 11.5. The van der Waals surface area contributed by atoms with Crippen molar-refractivity contribution in [3.05, 3.63) is 29.3 Å². The third-order valence-corrected chi connectivity index (χ3v) is 5.98. The van der Waals surface area contributed by atoms with Crippen LogP contribution in [0.25, 0.3) is 0 Å². The Kier molecular flexibility index (Phi) is 3.82. The second kappa shape index (κ2) is 5.41. The summed E-state index contributed by atoms with van der Waals surface area (Å²) in [5.41, 5.74) is 0.854. The molecule has 2 aliphatic rings. The molecule has 1 saturated heterocycles. The van der Waals surface area contributed by atoms with E-state index >= 15 is 0 Å². The summed E-state index contributed by atoms with van der Waals surface area (Å²) in [5, 5.41) is 5.48. The minimum atomic E-state index is -0.770. The topological polar surface area (TPSA) is 75.3 Å². The van der Waals surface area contributed by atoms with Gasteiger partial charge in [0.1, 0.15) is 0 Å². The minimum absolute atomic E-state index is 0.129. The second-order valence-electron chi connectivity index (χ2n) is 8.75. The summed E-state index contributed by atoms with van der Waals surface area (Å²) in [6.45, 7) is 9.60. The fourth-order valence-electron chi connectivity index (χ4n) is 4.76. The van der Waals surface area contributed by atoms with E-state index in [4.69, 9.17) is 0 Å². The average molecular weight is 342 g/mol. The van der Waals surface area contributed by atoms with E-state index in [1.165, 1.54) is 5.56 Å². The van der Waals surface area contributed by atoms with Crippen molar-refractivity contribution in [3.63, 3.8) is 0 Å². The SMILES string of the molecule is Cc1ccc(NC(=O)C2(C)CC3(C)CC(C)(C2)C(=O)NC3=O)cc1C. The Labute approximate surface area is 148 Å². The average Bonchev–Trinajstić information content (AvgIpc) is 2.48. The summed E-state index contributed by atoms with van der Waals surface area (Å²) in [7, 11) is 0. The van der Waals surface area contributed by atoms with E-state index in [0.717, 1.165) is 11.3 Å². The number of carbonyl (C=O) groups is 3. The number of rotatable bonds is 2. The number of benzene rings is 1. The quantitative estimate of drug-likeness (QED) is 0.811. The molecule has 1 saturated carbocycles. The van der Waals surface area contributed by atoms with E-state index in [1.807, 2.05) is 52.8 Å². The Morgan fingerprint density at radius 1 is 0.960 bits per heavy atom. The highest BCUT2D eigenvalue weighted by molar-refractivity contribution is 6.05. The van der Waals surface area contributed by atoms with Crippen LogP contribution in [0.5, 0.6) is 0 Å². The molecule has 3 rings (SSSR count). The molecule has 0 aromatic heterocycles. The Hall–Kier alpha value is -2.17. The number of carbonyl (C=O) groups excluding carboxylic acids is 3. The van der Waals surface area contributed by atoms with E-state index in [9.17, 15) is 14.4 Å². The summed E-state index contributed by atoms with van der Waals surface area (Å²) in [4.78, 5) is 37.8. The van der Waals surface area contributed by atoms with Crippen molar-refractivity contribution >= 4 is 23.4 Å². The van der Waals surface area contributed by atoms with Crippen molar-refractivity contribution in [3.8, 4) is 0 Å². The number of hydrogen-bond acceptors (Lipinski definition) is 3. The Morgan fingerprint density at radius 2 is 1.52 bits per heavy atom. The van der Waals surface area contributed by atoms with Gasteiger partial charge in [0, 0.05) is 21.9 Å². The van der Waals surface area contributed by atoms with Crippen LogP contribution in [0.4, 0.5) is 5.69 Å². The molecule has 2 bridgehead atoms. The van der Waals surface area contributed by atoms with Crippen LogP contribution in [0.1, 0.15) is 51.2 Å². The first-order valence-electron chi connectivity index (χ1n) is 8.72. The van der Waals surface area contributed by atoms with Crippen LogP contribution in [0.2, 0.25) is 0 Å². The highest BCUT2D eigenvalue weighted by atomic mass is 16.2. The second-order valence-corrected chi connectivity index (χ2v) is 8.75. The monoisotopic (exact) mass is 342 g/mol. The molecule has 2 fully saturated rings. The van der Waals surface area contributed by atoms with E-state index in [-0.39, 0.29) is 17.7 Å². The maximum Gasteiger partial charge on any atom is 0.232 e. The predicted molar refractivity (Wildman–Crippen MR) is 95.9 cm³/mol. The predicted octanol–water partition coefficient (Wildman–Crippen LogP) is 3.10. The molecule has 1 heterocycles. The minimum Gasteiger partial charge on any atom is -0.326 e. The lowest BCUT2D eigenvalue weighted by Gasteiger charge is -2.53. The molecule has 1 aliphatic carbocycles. The molecule has 134 valence electrons. The molecular formula is C20H26N2O3. The molecule has 5 nitrogen and oxygen atoms in total. The summed E-state index contributed by atoms with van der Waals surface area (Å²) >= 11 is 0. The van der Waals surface area contributed by atoms with Gasteiger partial charge in [0.15, 0.2) is 0 Å². The molecule has 25 heavy (non-hydrogen) atoms. The van der Waals surface area contributed by atoms with E-state index in [0.29, 0.717) is 19.3 Å². The smallest absolute Gasteiger partial charge is 0.232 e. The zero-order valence-electron chi connectivity index (χ0n) is 15.6. The number of aryl methyl sites for hydroxylation is 2. The normalized spacial score (nSPS) is 34.4. The summed E-state index contributed by atoms with van der Waals surface area (Å²) in [6.07, 6.45) is 1.37. The van der Waals surface area contributed by atoms with Gasteiger partial charge in [-0.3, -0.25) is 19.7 Å². The third kappa shape index (κ3) is 2.86. The molecule has 2 N–H and O–H groups in total. The summed E-state index contributed by atoms with van der Waals surface area (Å²) < 4.78 is 0. The zero-order valence-corrected chi connectivity index (χ0v) is 15.6. The van der Waals surface area contributed by atoms with E-state index in [2.05, 4.69) is 10.6 Å². The number of amides is 3. The molecule has 3 amide bonds. The van der Waals surface area contributed by atoms with Gasteiger partial charge in [-0.2, -0.15) is 0 Å². The number of anilines is 1. The van der Waals surface area contributed by atoms with Gasteiger partial charge in [0.25, 0.3) is 0 Å². The Balaban J connectivity index is 1.90. The largest absolute Gasteiger partial charge is 0.326 e. The number of hydrogen-bond donors (Lipinski definition) is 2. The highest BCUT2D eigenvalue weighted by Crippen LogP contribution is 2.56. The lowest BCUT2D eigenvalue weighted by molar-refractivity contribution is -0.163. The third-order valence-electron chi connectivity index (χ3n) is 5.98. The van der Waals surface area contributed by atoms with Crippen LogP contribution < -0.4 is 10.6 Å². The first kappa shape index (κ1) is 17.6. The van der Waals surface area contributed by atoms with Gasteiger partial charge in [-0.05, 0) is 56.4 Å². The van der Waals surface area contributed by atoms with Crippen LogP contribution >= 0.6 is 0 Å². The fourth-order valence-corrected chi connectivity index (χ4v) is 4.76. The van der Waals surface area contributed by atoms with Crippen molar-refractivity contribution in [2.24, 2.45) is 16.2 Å². The van der Waals surface area contributed by atoms with Crippen LogP contribution in [-0.2, 0) is 14.4 Å². The number of nitrogens with one attached hydrogen (secondary N) is 2. The van der Waals surface area contributed by atoms with Gasteiger partial charge in [-0.15, -0.1) is 0 Å². The number of piperidine rings is 1. The van der Waals surface area contributed by atoms with Gasteiger partial charge in [-0.25, -0.2) is 0 Å². The maximum atomic E-state index is 13.1. The lowest BCUT2D eigenvalue weighted by atomic mass is 9.52. The molecular weight excluding hydrogens is 316 g/mol. The van der Waals surface area contributed by atoms with Crippen LogP contribution in [0, 0.1) is 30.1 Å². The molecule has 1 aliphatic heterocycles. The zero-order chi connectivity index (χ0) is 18.6. The highest BCUT2D eigenvalue weighted by Gasteiger charge is 2.60. The van der Waals surface area contributed by atoms with Gasteiger partial charge in [0.05, 0.1) is 0 Å². The van der Waals surface area contributed by atoms with Crippen LogP contribution in [-0.4, -0.2) is 17.7 Å². The van der Waals surface area contributed by atoms with Gasteiger partial charge in [0.2, 0.25) is 17.7 Å². The van der Waals surface area contributed by atoms with Gasteiger partial charge < -0.3 is 5.32 Å². The molecule has 1 aromatic rings. The molecule has 2 atom stereocenters. The molecule has 0 radical (unpaired) electrons. The maximum absolute atomic E-state index is 13.1. The van der Waals surface area contributed by atoms with Crippen molar-refractivity contribution in [2.45, 2.75) is 53.9 Å². The fraction of sp³-hybridized carbons (Fsp3) is 0.550. The van der Waals surface area contributed by atoms with Crippen molar-refractivity contribution < 1.29 is 14.4 Å². The standard InChI is InChI=1S/C20H26N2O3/c1-12-6-7-14(8-13(12)2)21-15(23)18(3)9-19(4)11-20(5,10-18)17(25)22-16(19)24/h6-8H,9-11H2,1-5H3,(H,21,23)(H,22,24,25). The first-order valence-corrected chi connectivity index (χ1v) is 8.72. The summed E-state index contributed by atoms with van der Waals surface area (Å²) in [5.74, 6) is -0.657.